The van der Waals surface area contributed by atoms with Gasteiger partial charge >= 0.3 is 18.1 Å². The predicted molar refractivity (Wildman–Crippen MR) is 88.4 cm³/mol. The highest BCUT2D eigenvalue weighted by molar-refractivity contribution is 5.82. The van der Waals surface area contributed by atoms with Crippen molar-refractivity contribution in [2.45, 2.75) is 76.7 Å². The van der Waals surface area contributed by atoms with Crippen LogP contribution in [0.3, 0.4) is 0 Å². The normalized spacial score (nSPS) is 34.9. The van der Waals surface area contributed by atoms with Crippen molar-refractivity contribution in [3.8, 4) is 0 Å². The van der Waals surface area contributed by atoms with Gasteiger partial charge in [0, 0.05) is 5.41 Å². The molecule has 0 aromatic heterocycles. The second-order valence-corrected chi connectivity index (χ2v) is 9.33. The molecular weight excluding hydrogens is 365 g/mol. The van der Waals surface area contributed by atoms with Crippen LogP contribution in [0, 0.1) is 23.2 Å². The van der Waals surface area contributed by atoms with Crippen LogP contribution in [0.2, 0.25) is 0 Å². The molecule has 1 N–H and O–H groups in total. The van der Waals surface area contributed by atoms with E-state index < -0.39 is 35.9 Å². The molecule has 0 radical (unpaired) electrons. The fourth-order valence-electron chi connectivity index (χ4n) is 5.65. The Bertz CT molecular complexity index is 588. The zero-order valence-electron chi connectivity index (χ0n) is 15.9. The largest absolute Gasteiger partial charge is 0.457 e. The van der Waals surface area contributed by atoms with Crippen molar-refractivity contribution in [3.05, 3.63) is 0 Å². The Hall–Kier alpha value is -1.31. The van der Waals surface area contributed by atoms with Crippen molar-refractivity contribution in [3.63, 3.8) is 0 Å². The van der Waals surface area contributed by atoms with Crippen LogP contribution in [0.25, 0.3) is 0 Å². The molecule has 0 aromatic carbocycles. The summed E-state index contributed by atoms with van der Waals surface area (Å²) in [7, 11) is 0. The molecule has 0 heterocycles. The van der Waals surface area contributed by atoms with Gasteiger partial charge in [0.15, 0.2) is 6.61 Å². The summed E-state index contributed by atoms with van der Waals surface area (Å²) >= 11 is 0. The van der Waals surface area contributed by atoms with E-state index in [9.17, 15) is 27.9 Å². The standard InChI is InChI=1S/C19H27F3O5/c1-16(2,18-7-11-4-12(8-18)6-13(5-11)9-18)27-14(23)10-26-15(24)17(3,25)19(20,21)22/h11-13,25H,4-10H2,1-3H3. The van der Waals surface area contributed by atoms with Crippen molar-refractivity contribution >= 4 is 11.9 Å². The molecule has 4 aliphatic carbocycles. The third-order valence-corrected chi connectivity index (χ3v) is 6.95. The summed E-state index contributed by atoms with van der Waals surface area (Å²) in [5.41, 5.74) is -4.58. The molecule has 0 spiro atoms. The Morgan fingerprint density at radius 2 is 1.44 bits per heavy atom. The topological polar surface area (TPSA) is 72.8 Å². The fraction of sp³-hybridized carbons (Fsp3) is 0.895. The summed E-state index contributed by atoms with van der Waals surface area (Å²) in [5.74, 6) is -0.876. The second-order valence-electron chi connectivity index (χ2n) is 9.33. The maximum atomic E-state index is 12.6. The Kier molecular flexibility index (Phi) is 4.81. The van der Waals surface area contributed by atoms with Gasteiger partial charge in [0.2, 0.25) is 0 Å². The van der Waals surface area contributed by atoms with Gasteiger partial charge in [-0.1, -0.05) is 0 Å². The van der Waals surface area contributed by atoms with Crippen LogP contribution in [-0.2, 0) is 19.1 Å². The SMILES string of the molecule is CC(C)(OC(=O)COC(=O)C(C)(O)C(F)(F)F)C12CC3CC(CC(C3)C1)C2. The zero-order chi connectivity index (χ0) is 20.3. The molecule has 4 fully saturated rings. The van der Waals surface area contributed by atoms with Crippen LogP contribution in [0.5, 0.6) is 0 Å². The molecule has 0 saturated heterocycles. The smallest absolute Gasteiger partial charge is 0.427 e. The Morgan fingerprint density at radius 1 is 1.00 bits per heavy atom. The lowest BCUT2D eigenvalue weighted by Gasteiger charge is -2.61. The number of carbonyl (C=O) groups excluding carboxylic acids is 2. The summed E-state index contributed by atoms with van der Waals surface area (Å²) in [6.45, 7) is 3.01. The van der Waals surface area contributed by atoms with E-state index in [0.29, 0.717) is 24.7 Å². The number of ether oxygens (including phenoxy) is 2. The van der Waals surface area contributed by atoms with Crippen LogP contribution in [0.15, 0.2) is 0 Å². The summed E-state index contributed by atoms with van der Waals surface area (Å²) in [4.78, 5) is 23.7. The Morgan fingerprint density at radius 3 is 1.85 bits per heavy atom. The summed E-state index contributed by atoms with van der Waals surface area (Å²) < 4.78 is 47.9. The molecule has 27 heavy (non-hydrogen) atoms. The number of halogens is 3. The molecule has 154 valence electrons. The van der Waals surface area contributed by atoms with Crippen molar-refractivity contribution in [2.75, 3.05) is 6.61 Å². The van der Waals surface area contributed by atoms with Crippen molar-refractivity contribution in [1.82, 2.24) is 0 Å². The molecule has 8 heteroatoms. The van der Waals surface area contributed by atoms with Crippen LogP contribution < -0.4 is 0 Å². The number of alkyl halides is 3. The first-order valence-electron chi connectivity index (χ1n) is 9.44. The van der Waals surface area contributed by atoms with E-state index in [2.05, 4.69) is 4.74 Å². The fourth-order valence-corrected chi connectivity index (χ4v) is 5.65. The van der Waals surface area contributed by atoms with Gasteiger partial charge in [-0.2, -0.15) is 13.2 Å². The number of aliphatic hydroxyl groups is 1. The minimum absolute atomic E-state index is 0.126. The minimum atomic E-state index is -5.19. The van der Waals surface area contributed by atoms with E-state index in [4.69, 9.17) is 4.74 Å². The highest BCUT2D eigenvalue weighted by atomic mass is 19.4. The van der Waals surface area contributed by atoms with E-state index in [1.807, 2.05) is 13.8 Å². The lowest BCUT2D eigenvalue weighted by atomic mass is 9.46. The molecule has 4 rings (SSSR count). The third-order valence-electron chi connectivity index (χ3n) is 6.95. The van der Waals surface area contributed by atoms with E-state index in [1.165, 1.54) is 19.3 Å². The van der Waals surface area contributed by atoms with Crippen molar-refractivity contribution < 1.29 is 37.3 Å². The molecule has 5 nitrogen and oxygen atoms in total. The van der Waals surface area contributed by atoms with E-state index in [1.54, 1.807) is 0 Å². The molecule has 0 aromatic rings. The minimum Gasteiger partial charge on any atom is -0.457 e. The quantitative estimate of drug-likeness (QED) is 0.726. The number of carbonyl (C=O) groups is 2. The molecule has 1 atom stereocenters. The van der Waals surface area contributed by atoms with Crippen molar-refractivity contribution in [1.29, 1.82) is 0 Å². The van der Waals surface area contributed by atoms with Crippen LogP contribution in [-0.4, -0.2) is 41.0 Å². The zero-order valence-corrected chi connectivity index (χ0v) is 15.9. The monoisotopic (exact) mass is 392 g/mol. The van der Waals surface area contributed by atoms with Gasteiger partial charge in [0.25, 0.3) is 5.60 Å². The van der Waals surface area contributed by atoms with Gasteiger partial charge in [-0.05, 0) is 77.0 Å². The predicted octanol–water partition coefficient (Wildman–Crippen LogP) is 3.38. The molecule has 0 amide bonds. The first-order valence-corrected chi connectivity index (χ1v) is 9.44. The Labute approximate surface area is 156 Å². The van der Waals surface area contributed by atoms with E-state index >= 15 is 0 Å². The molecular formula is C19H27F3O5. The van der Waals surface area contributed by atoms with Crippen LogP contribution >= 0.6 is 0 Å². The van der Waals surface area contributed by atoms with Gasteiger partial charge < -0.3 is 14.6 Å². The van der Waals surface area contributed by atoms with Gasteiger partial charge in [-0.3, -0.25) is 0 Å². The lowest BCUT2D eigenvalue weighted by molar-refractivity contribution is -0.257. The molecule has 1 unspecified atom stereocenters. The van der Waals surface area contributed by atoms with Crippen molar-refractivity contribution in [2.24, 2.45) is 23.2 Å². The summed E-state index contributed by atoms with van der Waals surface area (Å²) in [6.07, 6.45) is 1.46. The summed E-state index contributed by atoms with van der Waals surface area (Å²) in [6, 6.07) is 0. The van der Waals surface area contributed by atoms with Crippen LogP contribution in [0.4, 0.5) is 13.2 Å². The molecule has 4 bridgehead atoms. The van der Waals surface area contributed by atoms with Crippen LogP contribution in [0.1, 0.15) is 59.3 Å². The lowest BCUT2D eigenvalue weighted by Crippen LogP contribution is -2.57. The van der Waals surface area contributed by atoms with Gasteiger partial charge in [0.1, 0.15) is 5.60 Å². The first-order chi connectivity index (χ1) is 12.3. The number of esters is 2. The first kappa shape index (κ1) is 20.4. The maximum Gasteiger partial charge on any atom is 0.427 e. The highest BCUT2D eigenvalue weighted by Gasteiger charge is 2.59. The Balaban J connectivity index is 1.60. The van der Waals surface area contributed by atoms with Gasteiger partial charge in [0.05, 0.1) is 0 Å². The number of rotatable bonds is 5. The average molecular weight is 392 g/mol. The maximum absolute atomic E-state index is 12.6. The number of hydrogen-bond acceptors (Lipinski definition) is 5. The number of hydrogen-bond donors (Lipinski definition) is 1. The molecule has 4 saturated carbocycles. The van der Waals surface area contributed by atoms with Gasteiger partial charge in [-0.15, -0.1) is 0 Å². The average Bonchev–Trinajstić information content (AvgIpc) is 2.49. The third kappa shape index (κ3) is 3.57. The molecule has 0 aliphatic heterocycles. The molecule has 4 aliphatic rings. The van der Waals surface area contributed by atoms with E-state index in [-0.39, 0.29) is 5.41 Å². The van der Waals surface area contributed by atoms with Gasteiger partial charge in [-0.25, -0.2) is 9.59 Å². The van der Waals surface area contributed by atoms with E-state index in [0.717, 1.165) is 19.3 Å². The summed E-state index contributed by atoms with van der Waals surface area (Å²) in [5, 5.41) is 9.27. The highest BCUT2D eigenvalue weighted by Crippen LogP contribution is 2.64. The second kappa shape index (κ2) is 6.36.